The fourth-order valence-corrected chi connectivity index (χ4v) is 4.19. The van der Waals surface area contributed by atoms with E-state index in [-0.39, 0.29) is 29.8 Å². The first-order valence-corrected chi connectivity index (χ1v) is 10.9. The largest absolute Gasteiger partial charge is 0.306 e. The minimum atomic E-state index is -0.857. The molecule has 0 saturated carbocycles. The molecule has 1 aliphatic heterocycles. The van der Waals surface area contributed by atoms with Crippen molar-refractivity contribution in [2.24, 2.45) is 0 Å². The van der Waals surface area contributed by atoms with Gasteiger partial charge in [-0.1, -0.05) is 29.8 Å². The Morgan fingerprint density at radius 1 is 0.889 bits per heavy atom. The standard InChI is InChI=1S/C25H20N4O7/c1-15-7-10-21(16(2)13-15)26(11-12-27-23(30)18-5-3-4-6-19(18)24(27)31)25(32)20-9-8-17(28(33)34)14-22(20)29(35)36/h3-10,13-14H,11-12H2,1-2H3. The third-order valence-electron chi connectivity index (χ3n) is 5.93. The molecule has 0 atom stereocenters. The zero-order valence-corrected chi connectivity index (χ0v) is 19.3. The Morgan fingerprint density at radius 2 is 1.53 bits per heavy atom. The first-order chi connectivity index (χ1) is 17.1. The molecule has 0 saturated heterocycles. The SMILES string of the molecule is Cc1ccc(N(CCN2C(=O)c3ccccc3C2=O)C(=O)c2ccc([N+](=O)[O-])cc2[N+](=O)[O-])c(C)c1. The van der Waals surface area contributed by atoms with Crippen LogP contribution >= 0.6 is 0 Å². The molecule has 182 valence electrons. The fraction of sp³-hybridized carbons (Fsp3) is 0.160. The van der Waals surface area contributed by atoms with Gasteiger partial charge in [-0.25, -0.2) is 0 Å². The minimum absolute atomic E-state index is 0.150. The maximum absolute atomic E-state index is 13.6. The molecule has 0 radical (unpaired) electrons. The van der Waals surface area contributed by atoms with E-state index < -0.39 is 38.9 Å². The Labute approximate surface area is 204 Å². The van der Waals surface area contributed by atoms with E-state index in [0.29, 0.717) is 11.3 Å². The number of nitro groups is 2. The van der Waals surface area contributed by atoms with Gasteiger partial charge >= 0.3 is 0 Å². The highest BCUT2D eigenvalue weighted by molar-refractivity contribution is 6.21. The van der Waals surface area contributed by atoms with E-state index in [9.17, 15) is 34.6 Å². The van der Waals surface area contributed by atoms with Crippen molar-refractivity contribution in [2.45, 2.75) is 13.8 Å². The molecule has 0 bridgehead atoms. The number of carbonyl (C=O) groups is 3. The lowest BCUT2D eigenvalue weighted by molar-refractivity contribution is -0.394. The summed E-state index contributed by atoms with van der Waals surface area (Å²) in [4.78, 5) is 62.6. The maximum atomic E-state index is 13.6. The molecular weight excluding hydrogens is 468 g/mol. The molecule has 36 heavy (non-hydrogen) atoms. The van der Waals surface area contributed by atoms with E-state index in [0.717, 1.165) is 28.7 Å². The Hall–Kier alpha value is -4.93. The van der Waals surface area contributed by atoms with Gasteiger partial charge in [-0.2, -0.15) is 0 Å². The number of anilines is 1. The van der Waals surface area contributed by atoms with Crippen LogP contribution in [0, 0.1) is 34.1 Å². The second-order valence-electron chi connectivity index (χ2n) is 8.27. The molecule has 3 amide bonds. The van der Waals surface area contributed by atoms with Crippen molar-refractivity contribution >= 4 is 34.8 Å². The van der Waals surface area contributed by atoms with Crippen LogP contribution in [0.15, 0.2) is 60.7 Å². The molecule has 3 aromatic rings. The minimum Gasteiger partial charge on any atom is -0.306 e. The Balaban J connectivity index is 1.72. The average molecular weight is 488 g/mol. The van der Waals surface area contributed by atoms with Crippen LogP contribution in [-0.2, 0) is 0 Å². The maximum Gasteiger partial charge on any atom is 0.289 e. The molecule has 0 spiro atoms. The van der Waals surface area contributed by atoms with E-state index in [2.05, 4.69) is 0 Å². The Kier molecular flexibility index (Phi) is 6.30. The number of aryl methyl sites for hydroxylation is 2. The van der Waals surface area contributed by atoms with Crippen molar-refractivity contribution in [1.82, 2.24) is 4.90 Å². The molecule has 0 aliphatic carbocycles. The van der Waals surface area contributed by atoms with Gasteiger partial charge in [0.25, 0.3) is 29.1 Å². The number of nitrogens with zero attached hydrogens (tertiary/aromatic N) is 4. The van der Waals surface area contributed by atoms with Gasteiger partial charge in [-0.15, -0.1) is 0 Å². The van der Waals surface area contributed by atoms with Crippen LogP contribution in [0.2, 0.25) is 0 Å². The lowest BCUT2D eigenvalue weighted by Crippen LogP contribution is -2.41. The van der Waals surface area contributed by atoms with Crippen molar-refractivity contribution in [2.75, 3.05) is 18.0 Å². The Morgan fingerprint density at radius 3 is 2.08 bits per heavy atom. The zero-order valence-electron chi connectivity index (χ0n) is 19.3. The molecule has 0 unspecified atom stereocenters. The summed E-state index contributed by atoms with van der Waals surface area (Å²) >= 11 is 0. The summed E-state index contributed by atoms with van der Waals surface area (Å²) in [7, 11) is 0. The quantitative estimate of drug-likeness (QED) is 0.277. The van der Waals surface area contributed by atoms with E-state index in [1.807, 2.05) is 13.0 Å². The zero-order chi connectivity index (χ0) is 26.1. The molecule has 4 rings (SSSR count). The third kappa shape index (κ3) is 4.29. The first kappa shape index (κ1) is 24.2. The van der Waals surface area contributed by atoms with Crippen LogP contribution in [-0.4, -0.2) is 45.6 Å². The number of fused-ring (bicyclic) bond motifs is 1. The summed E-state index contributed by atoms with van der Waals surface area (Å²) in [6, 6.07) is 14.4. The number of hydrogen-bond acceptors (Lipinski definition) is 7. The van der Waals surface area contributed by atoms with E-state index >= 15 is 0 Å². The predicted molar refractivity (Wildman–Crippen MR) is 129 cm³/mol. The average Bonchev–Trinajstić information content (AvgIpc) is 3.09. The molecular formula is C25H20N4O7. The summed E-state index contributed by atoms with van der Waals surface area (Å²) < 4.78 is 0. The van der Waals surface area contributed by atoms with E-state index in [1.165, 1.54) is 4.90 Å². The first-order valence-electron chi connectivity index (χ1n) is 10.9. The number of carbonyl (C=O) groups excluding carboxylic acids is 3. The van der Waals surface area contributed by atoms with Crippen LogP contribution in [0.1, 0.15) is 42.2 Å². The molecule has 11 nitrogen and oxygen atoms in total. The molecule has 1 aliphatic rings. The second kappa shape index (κ2) is 9.37. The number of benzene rings is 3. The Bertz CT molecular complexity index is 1420. The van der Waals surface area contributed by atoms with Crippen LogP contribution in [0.25, 0.3) is 0 Å². The van der Waals surface area contributed by atoms with Crippen molar-refractivity contribution < 1.29 is 24.2 Å². The summed E-state index contributed by atoms with van der Waals surface area (Å²) in [5, 5.41) is 22.8. The number of rotatable bonds is 7. The van der Waals surface area contributed by atoms with Crippen molar-refractivity contribution in [3.8, 4) is 0 Å². The van der Waals surface area contributed by atoms with Gasteiger partial charge in [0.1, 0.15) is 5.56 Å². The monoisotopic (exact) mass is 488 g/mol. The predicted octanol–water partition coefficient (Wildman–Crippen LogP) is 4.06. The molecule has 0 aromatic heterocycles. The molecule has 11 heteroatoms. The fourth-order valence-electron chi connectivity index (χ4n) is 4.19. The number of hydrogen-bond donors (Lipinski definition) is 0. The van der Waals surface area contributed by atoms with Crippen molar-refractivity contribution in [1.29, 1.82) is 0 Å². The van der Waals surface area contributed by atoms with Gasteiger partial charge in [0, 0.05) is 24.8 Å². The highest BCUT2D eigenvalue weighted by atomic mass is 16.6. The highest BCUT2D eigenvalue weighted by Gasteiger charge is 2.36. The van der Waals surface area contributed by atoms with E-state index in [1.54, 1.807) is 43.3 Å². The van der Waals surface area contributed by atoms with Crippen LogP contribution in [0.5, 0.6) is 0 Å². The number of amides is 3. The van der Waals surface area contributed by atoms with Gasteiger partial charge in [0.15, 0.2) is 0 Å². The topological polar surface area (TPSA) is 144 Å². The van der Waals surface area contributed by atoms with Gasteiger partial charge in [0.05, 0.1) is 27.0 Å². The lowest BCUT2D eigenvalue weighted by atomic mass is 10.1. The number of nitro benzene ring substituents is 2. The number of imide groups is 1. The van der Waals surface area contributed by atoms with Gasteiger partial charge in [-0.3, -0.25) is 39.5 Å². The summed E-state index contributed by atoms with van der Waals surface area (Å²) in [5.41, 5.74) is 0.964. The molecule has 1 heterocycles. The van der Waals surface area contributed by atoms with Crippen molar-refractivity contribution in [3.63, 3.8) is 0 Å². The van der Waals surface area contributed by atoms with Gasteiger partial charge < -0.3 is 4.90 Å². The molecule has 0 fully saturated rings. The molecule has 0 N–H and O–H groups in total. The van der Waals surface area contributed by atoms with Gasteiger partial charge in [-0.05, 0) is 43.7 Å². The smallest absolute Gasteiger partial charge is 0.289 e. The number of non-ortho nitro benzene ring substituents is 1. The van der Waals surface area contributed by atoms with Crippen LogP contribution in [0.3, 0.4) is 0 Å². The van der Waals surface area contributed by atoms with Crippen LogP contribution in [0.4, 0.5) is 17.1 Å². The third-order valence-corrected chi connectivity index (χ3v) is 5.93. The molecule has 3 aromatic carbocycles. The summed E-state index contributed by atoms with van der Waals surface area (Å²) in [5.74, 6) is -1.78. The lowest BCUT2D eigenvalue weighted by Gasteiger charge is -2.27. The normalized spacial score (nSPS) is 12.4. The highest BCUT2D eigenvalue weighted by Crippen LogP contribution is 2.30. The van der Waals surface area contributed by atoms with Gasteiger partial charge in [0.2, 0.25) is 0 Å². The van der Waals surface area contributed by atoms with Crippen molar-refractivity contribution in [3.05, 3.63) is 109 Å². The summed E-state index contributed by atoms with van der Waals surface area (Å²) in [6.45, 7) is 3.31. The summed E-state index contributed by atoms with van der Waals surface area (Å²) in [6.07, 6.45) is 0. The second-order valence-corrected chi connectivity index (χ2v) is 8.27. The van der Waals surface area contributed by atoms with Crippen LogP contribution < -0.4 is 4.90 Å². The van der Waals surface area contributed by atoms with E-state index in [4.69, 9.17) is 0 Å².